The second-order valence-electron chi connectivity index (χ2n) is 4.84. The summed E-state index contributed by atoms with van der Waals surface area (Å²) in [4.78, 5) is 13.4. The summed E-state index contributed by atoms with van der Waals surface area (Å²) in [5.74, 6) is -0.855. The Hall–Kier alpha value is -1.39. The molecule has 1 aromatic rings. The fraction of sp³-hybridized carbons (Fsp3) is 0.500. The number of hydrogen-bond acceptors (Lipinski definition) is 3. The number of hydrogen-bond donors (Lipinski definition) is 2. The lowest BCUT2D eigenvalue weighted by Gasteiger charge is -2.32. The molecule has 2 rings (SSSR count). The number of rotatable bonds is 4. The number of carbonyl (C=O) groups is 1. The van der Waals surface area contributed by atoms with Crippen molar-refractivity contribution in [2.75, 3.05) is 26.2 Å². The van der Waals surface area contributed by atoms with Crippen LogP contribution in [0, 0.1) is 0 Å². The Morgan fingerprint density at radius 1 is 1.44 bits per heavy atom. The fourth-order valence-electron chi connectivity index (χ4n) is 2.42. The first kappa shape index (κ1) is 13.1. The van der Waals surface area contributed by atoms with E-state index in [1.54, 1.807) is 12.1 Å². The van der Waals surface area contributed by atoms with E-state index in [4.69, 9.17) is 5.11 Å². The molecule has 0 radical (unpaired) electrons. The lowest BCUT2D eigenvalue weighted by molar-refractivity contribution is 0.0696. The zero-order valence-electron chi connectivity index (χ0n) is 10.7. The standard InChI is InChI=1S/C14H20N2O2/c1-11(16-7-5-15-6-8-16)9-12-3-2-4-13(10-12)14(17)18/h2-4,10-11,15H,5-9H2,1H3,(H,17,18). The summed E-state index contributed by atoms with van der Waals surface area (Å²) in [7, 11) is 0. The zero-order chi connectivity index (χ0) is 13.0. The quantitative estimate of drug-likeness (QED) is 0.841. The number of nitrogens with one attached hydrogen (secondary N) is 1. The van der Waals surface area contributed by atoms with Crippen LogP contribution in [0.3, 0.4) is 0 Å². The van der Waals surface area contributed by atoms with Gasteiger partial charge in [-0.1, -0.05) is 12.1 Å². The molecule has 0 aliphatic carbocycles. The van der Waals surface area contributed by atoms with Crippen LogP contribution in [0.4, 0.5) is 0 Å². The molecule has 1 aromatic carbocycles. The van der Waals surface area contributed by atoms with Crippen molar-refractivity contribution in [3.63, 3.8) is 0 Å². The Morgan fingerprint density at radius 3 is 2.83 bits per heavy atom. The third kappa shape index (κ3) is 3.31. The lowest BCUT2D eigenvalue weighted by atomic mass is 10.0. The third-order valence-corrected chi connectivity index (χ3v) is 3.48. The summed E-state index contributed by atoms with van der Waals surface area (Å²) in [6.07, 6.45) is 0.904. The number of aromatic carboxylic acids is 1. The minimum Gasteiger partial charge on any atom is -0.478 e. The predicted octanol–water partition coefficient (Wildman–Crippen LogP) is 1.22. The van der Waals surface area contributed by atoms with Crippen LogP contribution < -0.4 is 5.32 Å². The lowest BCUT2D eigenvalue weighted by Crippen LogP contribution is -2.48. The summed E-state index contributed by atoms with van der Waals surface area (Å²) >= 11 is 0. The molecule has 1 atom stereocenters. The molecule has 98 valence electrons. The second-order valence-corrected chi connectivity index (χ2v) is 4.84. The molecule has 4 heteroatoms. The summed E-state index contributed by atoms with van der Waals surface area (Å²) in [5, 5.41) is 12.3. The average Bonchev–Trinajstić information content (AvgIpc) is 2.40. The van der Waals surface area contributed by atoms with Crippen molar-refractivity contribution in [1.82, 2.24) is 10.2 Å². The van der Waals surface area contributed by atoms with Gasteiger partial charge in [0.05, 0.1) is 5.56 Å². The summed E-state index contributed by atoms with van der Waals surface area (Å²) in [5.41, 5.74) is 1.47. The van der Waals surface area contributed by atoms with E-state index in [0.29, 0.717) is 11.6 Å². The largest absolute Gasteiger partial charge is 0.478 e. The molecule has 1 unspecified atom stereocenters. The molecule has 1 heterocycles. The Labute approximate surface area is 108 Å². The molecule has 0 saturated carbocycles. The first-order valence-electron chi connectivity index (χ1n) is 6.44. The van der Waals surface area contributed by atoms with Crippen LogP contribution in [-0.2, 0) is 6.42 Å². The first-order valence-corrected chi connectivity index (χ1v) is 6.44. The van der Waals surface area contributed by atoms with Crippen LogP contribution in [0.5, 0.6) is 0 Å². The van der Waals surface area contributed by atoms with Gasteiger partial charge in [-0.2, -0.15) is 0 Å². The van der Waals surface area contributed by atoms with Gasteiger partial charge < -0.3 is 10.4 Å². The van der Waals surface area contributed by atoms with Gasteiger partial charge >= 0.3 is 5.97 Å². The molecule has 0 spiro atoms. The van der Waals surface area contributed by atoms with Crippen molar-refractivity contribution in [3.8, 4) is 0 Å². The number of piperazine rings is 1. The van der Waals surface area contributed by atoms with E-state index in [1.165, 1.54) is 0 Å². The van der Waals surface area contributed by atoms with Crippen molar-refractivity contribution in [2.45, 2.75) is 19.4 Å². The van der Waals surface area contributed by atoms with Gasteiger partial charge in [0.25, 0.3) is 0 Å². The highest BCUT2D eigenvalue weighted by Crippen LogP contribution is 2.11. The molecule has 0 amide bonds. The molecule has 1 saturated heterocycles. The van der Waals surface area contributed by atoms with E-state index >= 15 is 0 Å². The maximum atomic E-state index is 10.9. The normalized spacial score (nSPS) is 18.5. The van der Waals surface area contributed by atoms with Crippen molar-refractivity contribution in [2.24, 2.45) is 0 Å². The van der Waals surface area contributed by atoms with Gasteiger partial charge in [-0.25, -0.2) is 4.79 Å². The smallest absolute Gasteiger partial charge is 0.335 e. The molecular weight excluding hydrogens is 228 g/mol. The topological polar surface area (TPSA) is 52.6 Å². The van der Waals surface area contributed by atoms with Gasteiger partial charge in [-0.15, -0.1) is 0 Å². The van der Waals surface area contributed by atoms with Gasteiger partial charge in [-0.05, 0) is 31.0 Å². The fourth-order valence-corrected chi connectivity index (χ4v) is 2.42. The molecule has 4 nitrogen and oxygen atoms in total. The monoisotopic (exact) mass is 248 g/mol. The van der Waals surface area contributed by atoms with Crippen molar-refractivity contribution in [1.29, 1.82) is 0 Å². The minimum atomic E-state index is -0.855. The molecule has 1 aliphatic rings. The van der Waals surface area contributed by atoms with E-state index in [1.807, 2.05) is 12.1 Å². The molecule has 2 N–H and O–H groups in total. The zero-order valence-corrected chi connectivity index (χ0v) is 10.7. The molecule has 18 heavy (non-hydrogen) atoms. The van der Waals surface area contributed by atoms with E-state index in [0.717, 1.165) is 38.2 Å². The highest BCUT2D eigenvalue weighted by Gasteiger charge is 2.16. The number of carboxylic acids is 1. The second kappa shape index (κ2) is 5.98. The highest BCUT2D eigenvalue weighted by atomic mass is 16.4. The average molecular weight is 248 g/mol. The van der Waals surface area contributed by atoms with Crippen LogP contribution in [-0.4, -0.2) is 48.2 Å². The predicted molar refractivity (Wildman–Crippen MR) is 71.0 cm³/mol. The Bertz CT molecular complexity index is 414. The van der Waals surface area contributed by atoms with Gasteiger partial charge in [-0.3, -0.25) is 4.90 Å². The van der Waals surface area contributed by atoms with E-state index in [2.05, 4.69) is 17.1 Å². The molecule has 0 bridgehead atoms. The van der Waals surface area contributed by atoms with Crippen LogP contribution in [0.2, 0.25) is 0 Å². The van der Waals surface area contributed by atoms with Crippen LogP contribution in [0.25, 0.3) is 0 Å². The molecule has 1 aliphatic heterocycles. The Kier molecular flexibility index (Phi) is 4.33. The molecule has 0 aromatic heterocycles. The number of benzene rings is 1. The van der Waals surface area contributed by atoms with Crippen molar-refractivity contribution >= 4 is 5.97 Å². The Balaban J connectivity index is 1.99. The first-order chi connectivity index (χ1) is 8.66. The van der Waals surface area contributed by atoms with Gasteiger partial charge in [0, 0.05) is 32.2 Å². The van der Waals surface area contributed by atoms with Gasteiger partial charge in [0.1, 0.15) is 0 Å². The summed E-state index contributed by atoms with van der Waals surface area (Å²) in [6, 6.07) is 7.70. The van der Waals surface area contributed by atoms with E-state index in [9.17, 15) is 4.79 Å². The van der Waals surface area contributed by atoms with E-state index < -0.39 is 5.97 Å². The van der Waals surface area contributed by atoms with Crippen molar-refractivity contribution in [3.05, 3.63) is 35.4 Å². The minimum absolute atomic E-state index is 0.375. The van der Waals surface area contributed by atoms with E-state index in [-0.39, 0.29) is 0 Å². The van der Waals surface area contributed by atoms with Crippen molar-refractivity contribution < 1.29 is 9.90 Å². The maximum absolute atomic E-state index is 10.9. The number of carboxylic acid groups (broad SMARTS) is 1. The van der Waals surface area contributed by atoms with Crippen LogP contribution >= 0.6 is 0 Å². The SMILES string of the molecule is CC(Cc1cccc(C(=O)O)c1)N1CCNCC1. The highest BCUT2D eigenvalue weighted by molar-refractivity contribution is 5.87. The van der Waals surface area contributed by atoms with Gasteiger partial charge in [0.15, 0.2) is 0 Å². The van der Waals surface area contributed by atoms with Crippen LogP contribution in [0.15, 0.2) is 24.3 Å². The summed E-state index contributed by atoms with van der Waals surface area (Å²) < 4.78 is 0. The molecular formula is C14H20N2O2. The Morgan fingerprint density at radius 2 is 2.17 bits per heavy atom. The molecule has 1 fully saturated rings. The summed E-state index contributed by atoms with van der Waals surface area (Å²) in [6.45, 7) is 6.43. The maximum Gasteiger partial charge on any atom is 0.335 e. The van der Waals surface area contributed by atoms with Gasteiger partial charge in [0.2, 0.25) is 0 Å². The third-order valence-electron chi connectivity index (χ3n) is 3.48. The number of nitrogens with zero attached hydrogens (tertiary/aromatic N) is 1. The van der Waals surface area contributed by atoms with Crippen LogP contribution in [0.1, 0.15) is 22.8 Å².